The van der Waals surface area contributed by atoms with Gasteiger partial charge in [-0.15, -0.1) is 10.2 Å². The van der Waals surface area contributed by atoms with Crippen molar-refractivity contribution in [1.29, 1.82) is 0 Å². The molecule has 8 nitrogen and oxygen atoms in total. The van der Waals surface area contributed by atoms with Crippen LogP contribution < -0.4 is 0 Å². The van der Waals surface area contributed by atoms with Gasteiger partial charge in [-0.1, -0.05) is 0 Å². The summed E-state index contributed by atoms with van der Waals surface area (Å²) in [6.07, 6.45) is 3.23. The summed E-state index contributed by atoms with van der Waals surface area (Å²) in [5, 5.41) is 16.6. The first-order valence-electron chi connectivity index (χ1n) is 6.18. The van der Waals surface area contributed by atoms with Crippen LogP contribution in [0.4, 0.5) is 0 Å². The lowest BCUT2D eigenvalue weighted by atomic mass is 10.3. The number of amides is 1. The van der Waals surface area contributed by atoms with Crippen molar-refractivity contribution in [2.75, 3.05) is 6.54 Å². The summed E-state index contributed by atoms with van der Waals surface area (Å²) in [4.78, 5) is 24.9. The number of carboxylic acids is 1. The smallest absolute Gasteiger partial charge is 0.323 e. The third-order valence-corrected chi connectivity index (χ3v) is 3.28. The normalized spacial score (nSPS) is 14.1. The minimum Gasteiger partial charge on any atom is -0.480 e. The van der Waals surface area contributed by atoms with Gasteiger partial charge in [-0.25, -0.2) is 0 Å². The molecule has 0 aliphatic carbocycles. The van der Waals surface area contributed by atoms with Crippen LogP contribution in [0.2, 0.25) is 0 Å². The van der Waals surface area contributed by atoms with Crippen molar-refractivity contribution in [3.8, 4) is 0 Å². The fourth-order valence-corrected chi connectivity index (χ4v) is 2.29. The van der Waals surface area contributed by atoms with E-state index >= 15 is 0 Å². The summed E-state index contributed by atoms with van der Waals surface area (Å²) < 4.78 is 3.34. The Morgan fingerprint density at radius 2 is 2.20 bits per heavy atom. The van der Waals surface area contributed by atoms with E-state index in [1.807, 2.05) is 4.57 Å². The lowest BCUT2D eigenvalue weighted by molar-refractivity contribution is -0.137. The second-order valence-electron chi connectivity index (χ2n) is 4.58. The topological polar surface area (TPSA) is 93.2 Å². The van der Waals surface area contributed by atoms with E-state index in [2.05, 4.69) is 10.2 Å². The van der Waals surface area contributed by atoms with Crippen LogP contribution in [0.15, 0.2) is 24.7 Å². The molecule has 1 N–H and O–H groups in total. The number of carbonyl (C=O) groups excluding carboxylic acids is 1. The SMILES string of the molecule is O=C(O)Cn1cccc1C(=O)N1CCn2cnnc2C1. The zero-order valence-corrected chi connectivity index (χ0v) is 10.6. The fourth-order valence-electron chi connectivity index (χ4n) is 2.29. The lowest BCUT2D eigenvalue weighted by Crippen LogP contribution is -2.39. The van der Waals surface area contributed by atoms with Crippen LogP contribution in [0.1, 0.15) is 16.3 Å². The van der Waals surface area contributed by atoms with E-state index in [0.29, 0.717) is 25.3 Å². The number of fused-ring (bicyclic) bond motifs is 1. The van der Waals surface area contributed by atoms with Crippen LogP contribution in [-0.4, -0.2) is 47.8 Å². The van der Waals surface area contributed by atoms with Crippen molar-refractivity contribution in [2.45, 2.75) is 19.6 Å². The highest BCUT2D eigenvalue weighted by atomic mass is 16.4. The van der Waals surface area contributed by atoms with Crippen LogP contribution in [-0.2, 0) is 24.4 Å². The molecule has 0 saturated heterocycles. The molecule has 2 aromatic heterocycles. The van der Waals surface area contributed by atoms with Gasteiger partial charge in [0.2, 0.25) is 0 Å². The number of hydrogen-bond donors (Lipinski definition) is 1. The van der Waals surface area contributed by atoms with E-state index in [4.69, 9.17) is 5.11 Å². The Bertz CT molecular complexity index is 660. The number of hydrogen-bond acceptors (Lipinski definition) is 4. The molecule has 0 saturated carbocycles. The summed E-state index contributed by atoms with van der Waals surface area (Å²) in [7, 11) is 0. The first kappa shape index (κ1) is 12.4. The Morgan fingerprint density at radius 3 is 3.00 bits per heavy atom. The minimum atomic E-state index is -0.978. The molecule has 0 aromatic carbocycles. The number of rotatable bonds is 3. The van der Waals surface area contributed by atoms with E-state index in [0.717, 1.165) is 5.82 Å². The van der Waals surface area contributed by atoms with Gasteiger partial charge in [0.05, 0.1) is 6.54 Å². The molecule has 0 radical (unpaired) electrons. The zero-order valence-electron chi connectivity index (χ0n) is 10.6. The quantitative estimate of drug-likeness (QED) is 0.838. The molecule has 1 aliphatic rings. The first-order chi connectivity index (χ1) is 9.65. The van der Waals surface area contributed by atoms with Gasteiger partial charge in [-0.05, 0) is 12.1 Å². The molecule has 3 rings (SSSR count). The summed E-state index contributed by atoms with van der Waals surface area (Å²) in [5.74, 6) is -0.430. The molecule has 0 bridgehead atoms. The molecule has 1 amide bonds. The average Bonchev–Trinajstić information content (AvgIpc) is 3.04. The van der Waals surface area contributed by atoms with Gasteiger partial charge in [0.15, 0.2) is 5.82 Å². The van der Waals surface area contributed by atoms with Gasteiger partial charge in [-0.2, -0.15) is 0 Å². The van der Waals surface area contributed by atoms with Gasteiger partial charge < -0.3 is 19.1 Å². The Hall–Kier alpha value is -2.64. The van der Waals surface area contributed by atoms with Gasteiger partial charge in [0.25, 0.3) is 5.91 Å². The molecular weight excluding hydrogens is 262 g/mol. The van der Waals surface area contributed by atoms with Gasteiger partial charge in [0.1, 0.15) is 18.6 Å². The van der Waals surface area contributed by atoms with Crippen LogP contribution in [0.3, 0.4) is 0 Å². The number of carbonyl (C=O) groups is 2. The highest BCUT2D eigenvalue weighted by Crippen LogP contribution is 2.14. The van der Waals surface area contributed by atoms with Crippen molar-refractivity contribution in [3.05, 3.63) is 36.2 Å². The largest absolute Gasteiger partial charge is 0.480 e. The molecule has 0 unspecified atom stereocenters. The summed E-state index contributed by atoms with van der Waals surface area (Å²) in [5.41, 5.74) is 0.375. The third-order valence-electron chi connectivity index (χ3n) is 3.28. The van der Waals surface area contributed by atoms with Gasteiger partial charge in [-0.3, -0.25) is 9.59 Å². The maximum Gasteiger partial charge on any atom is 0.323 e. The minimum absolute atomic E-state index is 0.189. The highest BCUT2D eigenvalue weighted by molar-refractivity contribution is 5.93. The second kappa shape index (κ2) is 4.80. The molecule has 20 heavy (non-hydrogen) atoms. The zero-order chi connectivity index (χ0) is 14.1. The maximum atomic E-state index is 12.4. The molecule has 0 atom stereocenters. The van der Waals surface area contributed by atoms with Crippen LogP contribution in [0.25, 0.3) is 0 Å². The predicted octanol–water partition coefficient (Wildman–Crippen LogP) is -0.180. The molecule has 1 aliphatic heterocycles. The molecule has 104 valence electrons. The maximum absolute atomic E-state index is 12.4. The second-order valence-corrected chi connectivity index (χ2v) is 4.58. The van der Waals surface area contributed by atoms with Crippen molar-refractivity contribution >= 4 is 11.9 Å². The molecule has 2 aromatic rings. The number of carboxylic acid groups (broad SMARTS) is 1. The van der Waals surface area contributed by atoms with E-state index in [1.54, 1.807) is 29.6 Å². The van der Waals surface area contributed by atoms with Crippen LogP contribution in [0, 0.1) is 0 Å². The highest BCUT2D eigenvalue weighted by Gasteiger charge is 2.24. The Kier molecular flexibility index (Phi) is 2.97. The third kappa shape index (κ3) is 2.15. The molecule has 0 spiro atoms. The standard InChI is InChI=1S/C12H13N5O3/c18-11(19)7-15-3-1-2-9(15)12(20)16-4-5-17-8-13-14-10(17)6-16/h1-3,8H,4-7H2,(H,18,19). The van der Waals surface area contributed by atoms with Crippen LogP contribution in [0.5, 0.6) is 0 Å². The van der Waals surface area contributed by atoms with Crippen molar-refractivity contribution in [1.82, 2.24) is 24.2 Å². The Labute approximate surface area is 114 Å². The van der Waals surface area contributed by atoms with E-state index in [1.165, 1.54) is 4.57 Å². The van der Waals surface area contributed by atoms with Gasteiger partial charge in [0, 0.05) is 19.3 Å². The number of aromatic nitrogens is 4. The van der Waals surface area contributed by atoms with Crippen molar-refractivity contribution in [2.24, 2.45) is 0 Å². The molecule has 3 heterocycles. The van der Waals surface area contributed by atoms with Crippen LogP contribution >= 0.6 is 0 Å². The molecule has 0 fully saturated rings. The van der Waals surface area contributed by atoms with Gasteiger partial charge >= 0.3 is 5.97 Å². The summed E-state index contributed by atoms with van der Waals surface area (Å²) in [6.45, 7) is 1.37. The van der Waals surface area contributed by atoms with Crippen molar-refractivity contribution < 1.29 is 14.7 Å². The van der Waals surface area contributed by atoms with E-state index < -0.39 is 5.97 Å². The fraction of sp³-hybridized carbons (Fsp3) is 0.333. The molecule has 8 heteroatoms. The lowest BCUT2D eigenvalue weighted by Gasteiger charge is -2.27. The predicted molar refractivity (Wildman–Crippen MR) is 66.8 cm³/mol. The first-order valence-corrected chi connectivity index (χ1v) is 6.18. The summed E-state index contributed by atoms with van der Waals surface area (Å²) in [6, 6.07) is 3.30. The number of aliphatic carboxylic acids is 1. The Balaban J connectivity index is 1.80. The van der Waals surface area contributed by atoms with E-state index in [-0.39, 0.29) is 12.5 Å². The average molecular weight is 275 g/mol. The summed E-state index contributed by atoms with van der Waals surface area (Å²) >= 11 is 0. The van der Waals surface area contributed by atoms with Crippen molar-refractivity contribution in [3.63, 3.8) is 0 Å². The Morgan fingerprint density at radius 1 is 1.35 bits per heavy atom. The van der Waals surface area contributed by atoms with E-state index in [9.17, 15) is 9.59 Å². The monoisotopic (exact) mass is 275 g/mol. The molecular formula is C12H13N5O3. The number of nitrogens with zero attached hydrogens (tertiary/aromatic N) is 5.